The van der Waals surface area contributed by atoms with Gasteiger partial charge < -0.3 is 49.1 Å². The van der Waals surface area contributed by atoms with Gasteiger partial charge in [-0.1, -0.05) is 50.2 Å². The van der Waals surface area contributed by atoms with E-state index in [2.05, 4.69) is 29.8 Å². The molecule has 2 aromatic rings. The van der Waals surface area contributed by atoms with Crippen LogP contribution in [0.15, 0.2) is 48.5 Å². The minimum atomic E-state index is -1.11. The summed E-state index contributed by atoms with van der Waals surface area (Å²) < 4.78 is 40.5. The molecule has 2 saturated heterocycles. The zero-order valence-corrected chi connectivity index (χ0v) is 30.9. The van der Waals surface area contributed by atoms with Crippen LogP contribution in [0.3, 0.4) is 0 Å². The van der Waals surface area contributed by atoms with E-state index in [-0.39, 0.29) is 51.7 Å². The van der Waals surface area contributed by atoms with Crippen molar-refractivity contribution in [2.45, 2.75) is 115 Å². The summed E-state index contributed by atoms with van der Waals surface area (Å²) in [5, 5.41) is 8.42. The SMILES string of the molecule is CCOC(=O)[C@H](Cc1ccccc1)NC(=O)CCC1CC(OC(=O)NCc2ccc3c(c2)OCO3)CC2(CCCC(COC(=O)NCCC(C)C)O2)O1. The summed E-state index contributed by atoms with van der Waals surface area (Å²) in [6.45, 7) is 7.01. The van der Waals surface area contributed by atoms with E-state index in [1.165, 1.54) is 0 Å². The molecular formula is C39H53N3O11. The highest BCUT2D eigenvalue weighted by molar-refractivity contribution is 5.84. The number of carbonyl (C=O) groups excluding carboxylic acids is 4. The predicted octanol–water partition coefficient (Wildman–Crippen LogP) is 5.30. The van der Waals surface area contributed by atoms with Gasteiger partial charge in [0.25, 0.3) is 0 Å². The number of hydrogen-bond acceptors (Lipinski definition) is 11. The van der Waals surface area contributed by atoms with Gasteiger partial charge >= 0.3 is 18.2 Å². The fourth-order valence-corrected chi connectivity index (χ4v) is 6.71. The van der Waals surface area contributed by atoms with Crippen molar-refractivity contribution in [1.82, 2.24) is 16.0 Å². The van der Waals surface area contributed by atoms with E-state index in [4.69, 9.17) is 33.2 Å². The molecule has 5 atom stereocenters. The van der Waals surface area contributed by atoms with Crippen molar-refractivity contribution in [3.05, 3.63) is 59.7 Å². The minimum Gasteiger partial charge on any atom is -0.464 e. The first-order valence-corrected chi connectivity index (χ1v) is 18.7. The van der Waals surface area contributed by atoms with Crippen molar-refractivity contribution in [2.75, 3.05) is 26.6 Å². The molecule has 290 valence electrons. The minimum absolute atomic E-state index is 0.0455. The van der Waals surface area contributed by atoms with Crippen LogP contribution < -0.4 is 25.4 Å². The lowest BCUT2D eigenvalue weighted by atomic mass is 9.90. The molecule has 3 aliphatic heterocycles. The number of benzene rings is 2. The highest BCUT2D eigenvalue weighted by atomic mass is 16.7. The van der Waals surface area contributed by atoms with Crippen molar-refractivity contribution < 1.29 is 52.3 Å². The van der Waals surface area contributed by atoms with Gasteiger partial charge in [0.1, 0.15) is 18.8 Å². The normalized spacial score (nSPS) is 22.5. The summed E-state index contributed by atoms with van der Waals surface area (Å²) in [6.07, 6.45) is 1.39. The van der Waals surface area contributed by atoms with Gasteiger partial charge in [-0.2, -0.15) is 0 Å². The maximum atomic E-state index is 13.3. The van der Waals surface area contributed by atoms with Gasteiger partial charge in [0, 0.05) is 45.2 Å². The summed E-state index contributed by atoms with van der Waals surface area (Å²) in [4.78, 5) is 51.4. The molecule has 3 aliphatic rings. The lowest BCUT2D eigenvalue weighted by molar-refractivity contribution is -0.329. The quantitative estimate of drug-likeness (QED) is 0.151. The van der Waals surface area contributed by atoms with Gasteiger partial charge in [0.05, 0.1) is 18.8 Å². The molecule has 2 aromatic carbocycles. The highest BCUT2D eigenvalue weighted by Crippen LogP contribution is 2.41. The maximum absolute atomic E-state index is 13.3. The topological polar surface area (TPSA) is 169 Å². The lowest BCUT2D eigenvalue weighted by Gasteiger charge is -2.47. The Morgan fingerprint density at radius 3 is 2.51 bits per heavy atom. The molecule has 1 spiro atoms. The molecule has 14 heteroatoms. The van der Waals surface area contributed by atoms with Gasteiger partial charge in [-0.15, -0.1) is 0 Å². The molecule has 0 radical (unpaired) electrons. The second-order valence-corrected chi connectivity index (χ2v) is 14.1. The summed E-state index contributed by atoms with van der Waals surface area (Å²) in [7, 11) is 0. The van der Waals surface area contributed by atoms with Crippen LogP contribution in [0.1, 0.15) is 83.3 Å². The molecule has 3 heterocycles. The number of esters is 1. The predicted molar refractivity (Wildman–Crippen MR) is 192 cm³/mol. The van der Waals surface area contributed by atoms with Crippen molar-refractivity contribution in [3.63, 3.8) is 0 Å². The first kappa shape index (κ1) is 39.6. The van der Waals surface area contributed by atoms with E-state index in [1.807, 2.05) is 42.5 Å². The molecular weight excluding hydrogens is 686 g/mol. The first-order valence-electron chi connectivity index (χ1n) is 18.7. The summed E-state index contributed by atoms with van der Waals surface area (Å²) in [6, 6.07) is 14.0. The van der Waals surface area contributed by atoms with Crippen LogP contribution in [0.5, 0.6) is 11.5 Å². The molecule has 3 amide bonds. The Bertz CT molecular complexity index is 1520. The van der Waals surface area contributed by atoms with Crippen LogP contribution in [-0.4, -0.2) is 80.8 Å². The van der Waals surface area contributed by atoms with Gasteiger partial charge in [0.15, 0.2) is 17.3 Å². The Morgan fingerprint density at radius 2 is 1.72 bits per heavy atom. The fourth-order valence-electron chi connectivity index (χ4n) is 6.71. The third kappa shape index (κ3) is 12.5. The average molecular weight is 740 g/mol. The number of carbonyl (C=O) groups is 4. The standard InChI is InChI=1S/C39H53N3O11/c1-4-47-36(44)32(19-27-9-6-5-7-10-27)42-35(43)15-13-29-21-31(51-38(46)41-23-28-12-14-33-34(20-28)50-25-49-33)22-39(52-29)17-8-11-30(53-39)24-48-37(45)40-18-16-26(2)3/h5-7,9-10,12,14,20,26,29-32H,4,8,11,13,15-19,21-25H2,1-3H3,(H,40,45)(H,41,46)(H,42,43)/t29?,30?,31?,32-,39?/m0/s1. The molecule has 53 heavy (non-hydrogen) atoms. The number of amides is 3. The van der Waals surface area contributed by atoms with Crippen LogP contribution in [0.25, 0.3) is 0 Å². The number of fused-ring (bicyclic) bond motifs is 1. The van der Waals surface area contributed by atoms with Crippen LogP contribution in [-0.2, 0) is 46.2 Å². The Kier molecular flexibility index (Phi) is 14.6. The van der Waals surface area contributed by atoms with Gasteiger partial charge in [-0.25, -0.2) is 14.4 Å². The molecule has 0 aliphatic carbocycles. The summed E-state index contributed by atoms with van der Waals surface area (Å²) >= 11 is 0. The van der Waals surface area contributed by atoms with E-state index >= 15 is 0 Å². The third-order valence-corrected chi connectivity index (χ3v) is 9.33. The lowest BCUT2D eigenvalue weighted by Crippen LogP contribution is -2.54. The van der Waals surface area contributed by atoms with Crippen molar-refractivity contribution >= 4 is 24.1 Å². The van der Waals surface area contributed by atoms with Crippen molar-refractivity contribution in [2.24, 2.45) is 5.92 Å². The Labute approximate surface area is 310 Å². The van der Waals surface area contributed by atoms with Crippen LogP contribution in [0, 0.1) is 5.92 Å². The van der Waals surface area contributed by atoms with E-state index in [0.717, 1.165) is 24.0 Å². The Hall–Kier alpha value is -4.56. The van der Waals surface area contributed by atoms with Gasteiger partial charge in [0.2, 0.25) is 12.7 Å². The molecule has 2 fully saturated rings. The number of alkyl carbamates (subject to hydrolysis) is 2. The molecule has 0 aromatic heterocycles. The highest BCUT2D eigenvalue weighted by Gasteiger charge is 2.47. The van der Waals surface area contributed by atoms with Crippen molar-refractivity contribution in [1.29, 1.82) is 0 Å². The number of ether oxygens (including phenoxy) is 7. The molecule has 3 N–H and O–H groups in total. The first-order chi connectivity index (χ1) is 25.6. The molecule has 0 saturated carbocycles. The molecule has 5 rings (SSSR count). The second kappa shape index (κ2) is 19.5. The van der Waals surface area contributed by atoms with Gasteiger partial charge in [-0.05, 0) is 61.8 Å². The smallest absolute Gasteiger partial charge is 0.407 e. The maximum Gasteiger partial charge on any atom is 0.407 e. The number of rotatable bonds is 16. The molecule has 4 unspecified atom stereocenters. The van der Waals surface area contributed by atoms with Crippen molar-refractivity contribution in [3.8, 4) is 11.5 Å². The fraction of sp³-hybridized carbons (Fsp3) is 0.590. The van der Waals surface area contributed by atoms with Crippen LogP contribution in [0.2, 0.25) is 0 Å². The summed E-state index contributed by atoms with van der Waals surface area (Å²) in [5.41, 5.74) is 1.71. The van der Waals surface area contributed by atoms with E-state index in [0.29, 0.717) is 49.6 Å². The van der Waals surface area contributed by atoms with E-state index in [1.54, 1.807) is 13.0 Å². The van der Waals surface area contributed by atoms with Crippen LogP contribution >= 0.6 is 0 Å². The van der Waals surface area contributed by atoms with Crippen LogP contribution in [0.4, 0.5) is 9.59 Å². The number of nitrogens with one attached hydrogen (secondary N) is 3. The van der Waals surface area contributed by atoms with E-state index < -0.39 is 48.3 Å². The zero-order chi connectivity index (χ0) is 37.6. The third-order valence-electron chi connectivity index (χ3n) is 9.33. The number of hydrogen-bond donors (Lipinski definition) is 3. The Balaban J connectivity index is 1.20. The second-order valence-electron chi connectivity index (χ2n) is 14.1. The van der Waals surface area contributed by atoms with E-state index in [9.17, 15) is 19.2 Å². The summed E-state index contributed by atoms with van der Waals surface area (Å²) in [5.74, 6) is -0.225. The Morgan fingerprint density at radius 1 is 0.925 bits per heavy atom. The largest absolute Gasteiger partial charge is 0.464 e. The molecule has 14 nitrogen and oxygen atoms in total. The monoisotopic (exact) mass is 739 g/mol. The zero-order valence-electron chi connectivity index (χ0n) is 30.9. The molecule has 0 bridgehead atoms. The van der Waals surface area contributed by atoms with Gasteiger partial charge in [-0.3, -0.25) is 4.79 Å². The average Bonchev–Trinajstić information content (AvgIpc) is 3.60.